The van der Waals surface area contributed by atoms with Gasteiger partial charge in [0.05, 0.1) is 15.8 Å². The molecule has 4 nitrogen and oxygen atoms in total. The summed E-state index contributed by atoms with van der Waals surface area (Å²) in [5, 5.41) is 4.63. The largest absolute Gasteiger partial charge is 0.351 e. The molecule has 1 amide bonds. The van der Waals surface area contributed by atoms with Gasteiger partial charge in [-0.1, -0.05) is 30.3 Å². The third kappa shape index (κ3) is 3.82. The maximum absolute atomic E-state index is 12.9. The summed E-state index contributed by atoms with van der Waals surface area (Å²) in [4.78, 5) is 27.4. The van der Waals surface area contributed by atoms with Crippen molar-refractivity contribution < 1.29 is 4.79 Å². The van der Waals surface area contributed by atoms with Gasteiger partial charge in [0.15, 0.2) is 0 Å². The van der Waals surface area contributed by atoms with Crippen LogP contribution in [0.2, 0.25) is 0 Å². The van der Waals surface area contributed by atoms with E-state index in [0.29, 0.717) is 23.4 Å². The quantitative estimate of drug-likeness (QED) is 0.448. The Hall–Kier alpha value is -2.57. The lowest BCUT2D eigenvalue weighted by Crippen LogP contribution is -2.24. The van der Waals surface area contributed by atoms with Gasteiger partial charge in [-0.25, -0.2) is 0 Å². The lowest BCUT2D eigenvalue weighted by Gasteiger charge is -2.08. The Morgan fingerprint density at radius 3 is 2.59 bits per heavy atom. The lowest BCUT2D eigenvalue weighted by molar-refractivity contribution is 0.0958. The molecule has 0 atom stereocenters. The van der Waals surface area contributed by atoms with E-state index in [9.17, 15) is 9.59 Å². The van der Waals surface area contributed by atoms with Crippen LogP contribution in [0.4, 0.5) is 0 Å². The average Bonchev–Trinajstić information content (AvgIpc) is 3.21. The molecule has 6 heteroatoms. The molecular formula is C23H22N2O2S2. The Labute approximate surface area is 177 Å². The minimum atomic E-state index is -0.126. The van der Waals surface area contributed by atoms with Crippen LogP contribution in [0.5, 0.6) is 0 Å². The summed E-state index contributed by atoms with van der Waals surface area (Å²) in [6.45, 7) is 3.12. The molecule has 4 rings (SSSR count). The van der Waals surface area contributed by atoms with Crippen LogP contribution in [-0.2, 0) is 13.0 Å². The summed E-state index contributed by atoms with van der Waals surface area (Å²) >= 11 is 3.11. The number of rotatable bonds is 6. The molecule has 0 saturated heterocycles. The first kappa shape index (κ1) is 19.7. The number of benzene rings is 2. The van der Waals surface area contributed by atoms with Gasteiger partial charge in [0.25, 0.3) is 11.5 Å². The Morgan fingerprint density at radius 1 is 1.10 bits per heavy atom. The summed E-state index contributed by atoms with van der Waals surface area (Å²) in [7, 11) is 0. The third-order valence-corrected chi connectivity index (χ3v) is 6.96. The SMILES string of the molecule is CCn1c(=O)c2cc(C(=O)NCCc3ccc(SC)cc3)sc2c2ccccc21. The smallest absolute Gasteiger partial charge is 0.261 e. The molecule has 148 valence electrons. The zero-order chi connectivity index (χ0) is 20.4. The first-order chi connectivity index (χ1) is 14.1. The predicted molar refractivity (Wildman–Crippen MR) is 124 cm³/mol. The standard InChI is InChI=1S/C23H22N2O2S2/c1-3-25-19-7-5-4-6-17(19)21-18(23(25)27)14-20(29-21)22(26)24-13-12-15-8-10-16(28-2)11-9-15/h4-11,14H,3,12-13H2,1-2H3,(H,24,26). The van der Waals surface area contributed by atoms with Crippen molar-refractivity contribution in [1.82, 2.24) is 9.88 Å². The maximum atomic E-state index is 12.9. The van der Waals surface area contributed by atoms with Crippen LogP contribution in [0, 0.1) is 0 Å². The molecule has 0 bridgehead atoms. The fourth-order valence-corrected chi connectivity index (χ4v) is 5.04. The number of hydrogen-bond donors (Lipinski definition) is 1. The van der Waals surface area contributed by atoms with E-state index in [1.165, 1.54) is 21.8 Å². The number of nitrogens with one attached hydrogen (secondary N) is 1. The molecular weight excluding hydrogens is 400 g/mol. The summed E-state index contributed by atoms with van der Waals surface area (Å²) in [6.07, 6.45) is 2.83. The Bertz CT molecular complexity index is 1240. The molecule has 0 saturated carbocycles. The van der Waals surface area contributed by atoms with Crippen molar-refractivity contribution in [3.63, 3.8) is 0 Å². The van der Waals surface area contributed by atoms with Crippen LogP contribution in [0.25, 0.3) is 21.0 Å². The average molecular weight is 423 g/mol. The number of carbonyl (C=O) groups excluding carboxylic acids is 1. The van der Waals surface area contributed by atoms with Crippen molar-refractivity contribution in [2.75, 3.05) is 12.8 Å². The molecule has 0 radical (unpaired) electrons. The number of hydrogen-bond acceptors (Lipinski definition) is 4. The number of thioether (sulfide) groups is 1. The third-order valence-electron chi connectivity index (χ3n) is 5.05. The van der Waals surface area contributed by atoms with Crippen LogP contribution >= 0.6 is 23.1 Å². The predicted octanol–water partition coefficient (Wildman–Crippen LogP) is 4.93. The van der Waals surface area contributed by atoms with Crippen LogP contribution < -0.4 is 10.9 Å². The van der Waals surface area contributed by atoms with E-state index in [2.05, 4.69) is 35.8 Å². The van der Waals surface area contributed by atoms with Gasteiger partial charge in [-0.2, -0.15) is 0 Å². The molecule has 0 aliphatic heterocycles. The van der Waals surface area contributed by atoms with Crippen LogP contribution in [0.3, 0.4) is 0 Å². The topological polar surface area (TPSA) is 51.1 Å². The molecule has 0 aliphatic carbocycles. The van der Waals surface area contributed by atoms with Crippen LogP contribution in [-0.4, -0.2) is 23.3 Å². The summed E-state index contributed by atoms with van der Waals surface area (Å²) in [5.41, 5.74) is 2.07. The van der Waals surface area contributed by atoms with Crippen molar-refractivity contribution in [3.8, 4) is 0 Å². The van der Waals surface area contributed by atoms with Crippen LogP contribution in [0.15, 0.2) is 64.3 Å². The zero-order valence-corrected chi connectivity index (χ0v) is 18.0. The highest BCUT2D eigenvalue weighted by atomic mass is 32.2. The van der Waals surface area contributed by atoms with E-state index >= 15 is 0 Å². The minimum Gasteiger partial charge on any atom is -0.351 e. The van der Waals surface area contributed by atoms with E-state index < -0.39 is 0 Å². The van der Waals surface area contributed by atoms with Gasteiger partial charge in [0, 0.05) is 28.1 Å². The number of pyridine rings is 1. The molecule has 0 unspecified atom stereocenters. The highest BCUT2D eigenvalue weighted by Crippen LogP contribution is 2.30. The van der Waals surface area contributed by atoms with Crippen LogP contribution in [0.1, 0.15) is 22.2 Å². The molecule has 0 spiro atoms. The molecule has 0 fully saturated rings. The molecule has 2 aromatic heterocycles. The number of fused-ring (bicyclic) bond motifs is 3. The van der Waals surface area contributed by atoms with E-state index in [1.54, 1.807) is 22.4 Å². The second-order valence-electron chi connectivity index (χ2n) is 6.77. The summed E-state index contributed by atoms with van der Waals surface area (Å²) in [5.74, 6) is -0.126. The minimum absolute atomic E-state index is 0.0367. The van der Waals surface area contributed by atoms with Crippen molar-refractivity contribution in [1.29, 1.82) is 0 Å². The van der Waals surface area contributed by atoms with Crippen molar-refractivity contribution >= 4 is 50.0 Å². The second-order valence-corrected chi connectivity index (χ2v) is 8.71. The van der Waals surface area contributed by atoms with Gasteiger partial charge in [-0.15, -0.1) is 23.1 Å². The molecule has 4 aromatic rings. The number of thiophene rings is 1. The first-order valence-corrected chi connectivity index (χ1v) is 11.6. The van der Waals surface area contributed by atoms with E-state index in [0.717, 1.165) is 22.0 Å². The van der Waals surface area contributed by atoms with Gasteiger partial charge in [-0.05, 0) is 49.4 Å². The number of aryl methyl sites for hydroxylation is 1. The summed E-state index contributed by atoms with van der Waals surface area (Å²) < 4.78 is 2.65. The van der Waals surface area contributed by atoms with E-state index in [1.807, 2.05) is 31.2 Å². The Kier molecular flexibility index (Phi) is 5.74. The van der Waals surface area contributed by atoms with Gasteiger partial charge in [-0.3, -0.25) is 9.59 Å². The molecule has 2 heterocycles. The fourth-order valence-electron chi connectivity index (χ4n) is 3.53. The normalized spacial score (nSPS) is 11.2. The molecule has 0 aliphatic rings. The lowest BCUT2D eigenvalue weighted by atomic mass is 10.1. The van der Waals surface area contributed by atoms with Gasteiger partial charge < -0.3 is 9.88 Å². The number of nitrogens with zero attached hydrogens (tertiary/aromatic N) is 1. The number of carbonyl (C=O) groups is 1. The van der Waals surface area contributed by atoms with E-state index in [4.69, 9.17) is 0 Å². The highest BCUT2D eigenvalue weighted by molar-refractivity contribution is 7.98. The van der Waals surface area contributed by atoms with Crippen molar-refractivity contribution in [3.05, 3.63) is 75.4 Å². The molecule has 29 heavy (non-hydrogen) atoms. The Morgan fingerprint density at radius 2 is 1.86 bits per heavy atom. The summed E-state index contributed by atoms with van der Waals surface area (Å²) in [6, 6.07) is 18.0. The highest BCUT2D eigenvalue weighted by Gasteiger charge is 2.16. The zero-order valence-electron chi connectivity index (χ0n) is 16.4. The first-order valence-electron chi connectivity index (χ1n) is 9.58. The number of aromatic nitrogens is 1. The Balaban J connectivity index is 1.57. The molecule has 1 N–H and O–H groups in total. The van der Waals surface area contributed by atoms with Crippen molar-refractivity contribution in [2.24, 2.45) is 0 Å². The number of para-hydroxylation sites is 1. The number of amides is 1. The van der Waals surface area contributed by atoms with E-state index in [-0.39, 0.29) is 11.5 Å². The fraction of sp³-hybridized carbons (Fsp3) is 0.217. The van der Waals surface area contributed by atoms with Gasteiger partial charge in [0.2, 0.25) is 0 Å². The monoisotopic (exact) mass is 422 g/mol. The second kappa shape index (κ2) is 8.43. The van der Waals surface area contributed by atoms with Crippen molar-refractivity contribution in [2.45, 2.75) is 24.8 Å². The van der Waals surface area contributed by atoms with Gasteiger partial charge in [0.1, 0.15) is 0 Å². The maximum Gasteiger partial charge on any atom is 0.261 e. The molecule has 2 aromatic carbocycles. The van der Waals surface area contributed by atoms with Gasteiger partial charge >= 0.3 is 0 Å².